The van der Waals surface area contributed by atoms with Gasteiger partial charge in [-0.3, -0.25) is 9.78 Å². The first-order chi connectivity index (χ1) is 8.76. The van der Waals surface area contributed by atoms with E-state index in [1.807, 2.05) is 25.3 Å². The van der Waals surface area contributed by atoms with Crippen LogP contribution in [0.25, 0.3) is 0 Å². The summed E-state index contributed by atoms with van der Waals surface area (Å²) in [6.07, 6.45) is 4.07. The number of aryl methyl sites for hydroxylation is 1. The van der Waals surface area contributed by atoms with Crippen LogP contribution in [0.5, 0.6) is 5.75 Å². The topological polar surface area (TPSA) is 39.2 Å². The van der Waals surface area contributed by atoms with E-state index in [-0.39, 0.29) is 5.78 Å². The number of aromatic nitrogens is 1. The Bertz CT molecular complexity index is 548. The highest BCUT2D eigenvalue weighted by Crippen LogP contribution is 2.22. The van der Waals surface area contributed by atoms with E-state index >= 15 is 0 Å². The molecule has 0 aromatic carbocycles. The van der Waals surface area contributed by atoms with Crippen LogP contribution < -0.4 is 4.74 Å². The number of hydrogen-bond donors (Lipinski definition) is 0. The molecule has 2 aromatic rings. The summed E-state index contributed by atoms with van der Waals surface area (Å²) in [4.78, 5) is 17.2. The summed E-state index contributed by atoms with van der Waals surface area (Å²) in [5, 5.41) is 1.95. The van der Waals surface area contributed by atoms with E-state index in [1.54, 1.807) is 18.5 Å². The fourth-order valence-corrected chi connectivity index (χ4v) is 2.69. The van der Waals surface area contributed by atoms with Gasteiger partial charge in [0.25, 0.3) is 0 Å². The maximum atomic E-state index is 12.4. The zero-order valence-electron chi connectivity index (χ0n) is 10.5. The number of hydrogen-bond acceptors (Lipinski definition) is 4. The van der Waals surface area contributed by atoms with Crippen LogP contribution in [-0.4, -0.2) is 17.4 Å². The zero-order valence-corrected chi connectivity index (χ0v) is 11.3. The molecule has 0 saturated heterocycles. The van der Waals surface area contributed by atoms with E-state index in [0.717, 1.165) is 16.9 Å². The Morgan fingerprint density at radius 3 is 2.94 bits per heavy atom. The first-order valence-corrected chi connectivity index (χ1v) is 6.83. The number of carbonyl (C=O) groups is 1. The van der Waals surface area contributed by atoms with Gasteiger partial charge in [0, 0.05) is 11.8 Å². The van der Waals surface area contributed by atoms with Crippen LogP contribution in [0.1, 0.15) is 34.6 Å². The minimum absolute atomic E-state index is 0.0240. The van der Waals surface area contributed by atoms with Crippen molar-refractivity contribution in [2.75, 3.05) is 6.61 Å². The van der Waals surface area contributed by atoms with Gasteiger partial charge in [0.15, 0.2) is 0 Å². The zero-order chi connectivity index (χ0) is 13.0. The Hall–Kier alpha value is -1.68. The number of ketones is 1. The van der Waals surface area contributed by atoms with Crippen molar-refractivity contribution < 1.29 is 9.53 Å². The van der Waals surface area contributed by atoms with Gasteiger partial charge in [-0.05, 0) is 36.4 Å². The van der Waals surface area contributed by atoms with Gasteiger partial charge in [-0.1, -0.05) is 6.92 Å². The quantitative estimate of drug-likeness (QED) is 0.775. The molecule has 2 rings (SSSR count). The molecule has 0 fully saturated rings. The highest BCUT2D eigenvalue weighted by molar-refractivity contribution is 7.12. The predicted molar refractivity (Wildman–Crippen MR) is 72.5 cm³/mol. The van der Waals surface area contributed by atoms with Gasteiger partial charge in [0.05, 0.1) is 17.7 Å². The molecule has 0 aliphatic carbocycles. The van der Waals surface area contributed by atoms with Crippen LogP contribution in [-0.2, 0) is 6.42 Å². The third-order valence-electron chi connectivity index (χ3n) is 2.62. The molecule has 0 amide bonds. The maximum Gasteiger partial charge on any atom is 0.204 e. The Morgan fingerprint density at radius 2 is 2.22 bits per heavy atom. The van der Waals surface area contributed by atoms with Crippen LogP contribution >= 0.6 is 11.3 Å². The van der Waals surface area contributed by atoms with Crippen molar-refractivity contribution in [1.82, 2.24) is 4.98 Å². The van der Waals surface area contributed by atoms with Gasteiger partial charge in [0.1, 0.15) is 5.75 Å². The molecule has 94 valence electrons. The average Bonchev–Trinajstić information content (AvgIpc) is 2.87. The van der Waals surface area contributed by atoms with Gasteiger partial charge in [-0.2, -0.15) is 0 Å². The van der Waals surface area contributed by atoms with E-state index in [4.69, 9.17) is 4.74 Å². The van der Waals surface area contributed by atoms with Crippen LogP contribution in [0.4, 0.5) is 0 Å². The van der Waals surface area contributed by atoms with Gasteiger partial charge in [-0.15, -0.1) is 11.3 Å². The molecule has 2 heterocycles. The molecule has 0 N–H and O–H groups in total. The third-order valence-corrected chi connectivity index (χ3v) is 3.58. The highest BCUT2D eigenvalue weighted by Gasteiger charge is 2.15. The summed E-state index contributed by atoms with van der Waals surface area (Å²) in [5.41, 5.74) is 1.67. The van der Waals surface area contributed by atoms with E-state index in [9.17, 15) is 4.79 Å². The molecular weight excluding hydrogens is 246 g/mol. The number of carbonyl (C=O) groups excluding carboxylic acids is 1. The van der Waals surface area contributed by atoms with E-state index in [2.05, 4.69) is 4.98 Å². The van der Waals surface area contributed by atoms with Gasteiger partial charge < -0.3 is 4.74 Å². The Balaban J connectivity index is 2.31. The lowest BCUT2D eigenvalue weighted by molar-refractivity contribution is 0.104. The molecule has 4 heteroatoms. The van der Waals surface area contributed by atoms with Crippen molar-refractivity contribution in [2.45, 2.75) is 20.3 Å². The second-order valence-corrected chi connectivity index (χ2v) is 4.72. The molecule has 0 saturated carbocycles. The summed E-state index contributed by atoms with van der Waals surface area (Å²) < 4.78 is 5.36. The van der Waals surface area contributed by atoms with Crippen molar-refractivity contribution in [3.63, 3.8) is 0 Å². The molecule has 0 bridgehead atoms. The summed E-state index contributed by atoms with van der Waals surface area (Å²) in [7, 11) is 0. The number of pyridine rings is 1. The Kier molecular flexibility index (Phi) is 4.10. The lowest BCUT2D eigenvalue weighted by Gasteiger charge is -2.05. The molecule has 0 unspecified atom stereocenters. The van der Waals surface area contributed by atoms with Gasteiger partial charge in [-0.25, -0.2) is 0 Å². The summed E-state index contributed by atoms with van der Waals surface area (Å²) in [6, 6.07) is 3.75. The van der Waals surface area contributed by atoms with Crippen molar-refractivity contribution in [3.05, 3.63) is 45.9 Å². The standard InChI is InChI=1S/C14H15NO2S/c1-3-10-5-6-18-14(10)13(16)11-7-12(17-4-2)9-15-8-11/h5-9H,3-4H2,1-2H3. The highest BCUT2D eigenvalue weighted by atomic mass is 32.1. The van der Waals surface area contributed by atoms with E-state index in [1.165, 1.54) is 11.3 Å². The lowest BCUT2D eigenvalue weighted by atomic mass is 10.1. The van der Waals surface area contributed by atoms with Crippen molar-refractivity contribution in [1.29, 1.82) is 0 Å². The number of ether oxygens (including phenoxy) is 1. The van der Waals surface area contributed by atoms with Crippen LogP contribution in [0, 0.1) is 0 Å². The molecule has 3 nitrogen and oxygen atoms in total. The fraction of sp³-hybridized carbons (Fsp3) is 0.286. The van der Waals surface area contributed by atoms with Crippen LogP contribution in [0.2, 0.25) is 0 Å². The number of thiophene rings is 1. The third kappa shape index (κ3) is 2.59. The second-order valence-electron chi connectivity index (χ2n) is 3.80. The fourth-order valence-electron chi connectivity index (χ4n) is 1.73. The summed E-state index contributed by atoms with van der Waals surface area (Å²) in [5.74, 6) is 0.661. The summed E-state index contributed by atoms with van der Waals surface area (Å²) >= 11 is 1.48. The number of rotatable bonds is 5. The molecule has 0 aliphatic heterocycles. The molecule has 0 spiro atoms. The maximum absolute atomic E-state index is 12.4. The van der Waals surface area contributed by atoms with Crippen molar-refractivity contribution in [2.24, 2.45) is 0 Å². The second kappa shape index (κ2) is 5.78. The lowest BCUT2D eigenvalue weighted by Crippen LogP contribution is -2.03. The normalized spacial score (nSPS) is 10.3. The van der Waals surface area contributed by atoms with Crippen LogP contribution in [0.3, 0.4) is 0 Å². The summed E-state index contributed by atoms with van der Waals surface area (Å²) in [6.45, 7) is 4.52. The minimum Gasteiger partial charge on any atom is -0.492 e. The molecule has 0 radical (unpaired) electrons. The molecular formula is C14H15NO2S. The van der Waals surface area contributed by atoms with E-state index in [0.29, 0.717) is 17.9 Å². The molecule has 2 aromatic heterocycles. The Labute approximate surface area is 110 Å². The van der Waals surface area contributed by atoms with Crippen molar-refractivity contribution in [3.8, 4) is 5.75 Å². The first kappa shape index (κ1) is 12.8. The first-order valence-electron chi connectivity index (χ1n) is 5.95. The smallest absolute Gasteiger partial charge is 0.204 e. The molecule has 0 atom stereocenters. The van der Waals surface area contributed by atoms with Gasteiger partial charge >= 0.3 is 0 Å². The number of nitrogens with zero attached hydrogens (tertiary/aromatic N) is 1. The molecule has 0 aliphatic rings. The Morgan fingerprint density at radius 1 is 1.39 bits per heavy atom. The van der Waals surface area contributed by atoms with Gasteiger partial charge in [0.2, 0.25) is 5.78 Å². The average molecular weight is 261 g/mol. The predicted octanol–water partition coefficient (Wildman–Crippen LogP) is 3.34. The largest absolute Gasteiger partial charge is 0.492 e. The van der Waals surface area contributed by atoms with Crippen molar-refractivity contribution >= 4 is 17.1 Å². The van der Waals surface area contributed by atoms with E-state index < -0.39 is 0 Å². The minimum atomic E-state index is 0.0240. The van der Waals surface area contributed by atoms with Crippen LogP contribution in [0.15, 0.2) is 29.9 Å². The molecule has 18 heavy (non-hydrogen) atoms. The SMILES string of the molecule is CCOc1cncc(C(=O)c2sccc2CC)c1. The monoisotopic (exact) mass is 261 g/mol.